The molecule has 0 radical (unpaired) electrons. The van der Waals surface area contributed by atoms with E-state index in [1.54, 1.807) is 36.0 Å². The molecule has 0 saturated carbocycles. The molecular weight excluding hydrogens is 362 g/mol. The van der Waals surface area contributed by atoms with Crippen molar-refractivity contribution in [1.82, 2.24) is 15.1 Å². The van der Waals surface area contributed by atoms with Crippen LogP contribution in [-0.2, 0) is 4.79 Å². The lowest BCUT2D eigenvalue weighted by Gasteiger charge is -2.25. The van der Waals surface area contributed by atoms with Crippen LogP contribution in [-0.4, -0.2) is 71.8 Å². The van der Waals surface area contributed by atoms with Gasteiger partial charge in [0.1, 0.15) is 6.04 Å². The molecule has 3 amide bonds. The van der Waals surface area contributed by atoms with Crippen molar-refractivity contribution in [2.24, 2.45) is 0 Å². The van der Waals surface area contributed by atoms with Crippen LogP contribution in [0.2, 0.25) is 0 Å². The Kier molecular flexibility index (Phi) is 8.31. The van der Waals surface area contributed by atoms with Gasteiger partial charge in [-0.1, -0.05) is 26.0 Å². The number of thioether (sulfide) groups is 1. The molecule has 1 aliphatic heterocycles. The van der Waals surface area contributed by atoms with Crippen molar-refractivity contribution in [1.29, 1.82) is 0 Å². The number of imide groups is 1. The van der Waals surface area contributed by atoms with E-state index in [0.29, 0.717) is 29.8 Å². The Hall–Kier alpha value is -1.86. The number of hydrogen-bond donors (Lipinski definition) is 1. The van der Waals surface area contributed by atoms with Crippen LogP contribution in [0.4, 0.5) is 0 Å². The molecule has 0 fully saturated rings. The summed E-state index contributed by atoms with van der Waals surface area (Å²) in [5.41, 5.74) is 0.761. The third-order valence-electron chi connectivity index (χ3n) is 4.88. The smallest absolute Gasteiger partial charge is 0.262 e. The standard InChI is InChI=1S/C20H29N3O3S/c1-4-22(5-2)13-8-12-21-18(24)17(11-14-27-3)23-19(25)15-9-6-7-10-16(15)20(23)26/h6-7,9-10,17H,4-5,8,11-14H2,1-3H3,(H,21,24). The highest BCUT2D eigenvalue weighted by atomic mass is 32.2. The number of rotatable bonds is 11. The highest BCUT2D eigenvalue weighted by Crippen LogP contribution is 2.26. The number of amides is 3. The van der Waals surface area contributed by atoms with E-state index >= 15 is 0 Å². The minimum absolute atomic E-state index is 0.252. The normalized spacial score (nSPS) is 14.6. The third-order valence-corrected chi connectivity index (χ3v) is 5.52. The van der Waals surface area contributed by atoms with E-state index in [-0.39, 0.29) is 17.7 Å². The van der Waals surface area contributed by atoms with Gasteiger partial charge in [0.25, 0.3) is 11.8 Å². The summed E-state index contributed by atoms with van der Waals surface area (Å²) in [5.74, 6) is -0.302. The van der Waals surface area contributed by atoms with Gasteiger partial charge in [0.2, 0.25) is 5.91 Å². The zero-order chi connectivity index (χ0) is 19.8. The van der Waals surface area contributed by atoms with Crippen molar-refractivity contribution < 1.29 is 14.4 Å². The highest BCUT2D eigenvalue weighted by molar-refractivity contribution is 7.98. The summed E-state index contributed by atoms with van der Waals surface area (Å²) in [4.78, 5) is 41.7. The van der Waals surface area contributed by atoms with Crippen molar-refractivity contribution >= 4 is 29.5 Å². The van der Waals surface area contributed by atoms with Gasteiger partial charge in [-0.25, -0.2) is 0 Å². The van der Waals surface area contributed by atoms with Gasteiger partial charge in [-0.2, -0.15) is 11.8 Å². The van der Waals surface area contributed by atoms with Crippen LogP contribution in [0.1, 0.15) is 47.4 Å². The fourth-order valence-corrected chi connectivity index (χ4v) is 3.73. The Labute approximate surface area is 165 Å². The van der Waals surface area contributed by atoms with E-state index in [9.17, 15) is 14.4 Å². The molecule has 0 saturated heterocycles. The van der Waals surface area contributed by atoms with Crippen LogP contribution in [0.15, 0.2) is 24.3 Å². The summed E-state index contributed by atoms with van der Waals surface area (Å²) >= 11 is 1.59. The van der Waals surface area contributed by atoms with Gasteiger partial charge in [-0.3, -0.25) is 19.3 Å². The largest absolute Gasteiger partial charge is 0.354 e. The molecule has 0 bridgehead atoms. The monoisotopic (exact) mass is 391 g/mol. The van der Waals surface area contributed by atoms with E-state index in [4.69, 9.17) is 0 Å². The van der Waals surface area contributed by atoms with Gasteiger partial charge in [-0.15, -0.1) is 0 Å². The minimum atomic E-state index is -0.765. The van der Waals surface area contributed by atoms with E-state index in [1.807, 2.05) is 6.26 Å². The lowest BCUT2D eigenvalue weighted by Crippen LogP contribution is -2.50. The maximum atomic E-state index is 12.8. The van der Waals surface area contributed by atoms with Crippen LogP contribution in [0.3, 0.4) is 0 Å². The molecule has 0 aromatic heterocycles. The number of nitrogens with one attached hydrogen (secondary N) is 1. The van der Waals surface area contributed by atoms with E-state index in [0.717, 1.165) is 31.0 Å². The van der Waals surface area contributed by atoms with Crippen LogP contribution < -0.4 is 5.32 Å². The van der Waals surface area contributed by atoms with Gasteiger partial charge >= 0.3 is 0 Å². The third kappa shape index (κ3) is 5.11. The predicted octanol–water partition coefficient (Wildman–Crippen LogP) is 2.25. The van der Waals surface area contributed by atoms with E-state index < -0.39 is 6.04 Å². The topological polar surface area (TPSA) is 69.7 Å². The molecule has 0 spiro atoms. The second kappa shape index (κ2) is 10.5. The van der Waals surface area contributed by atoms with Crippen molar-refractivity contribution in [2.75, 3.05) is 38.2 Å². The lowest BCUT2D eigenvalue weighted by atomic mass is 10.1. The van der Waals surface area contributed by atoms with Crippen LogP contribution >= 0.6 is 11.8 Å². The molecule has 27 heavy (non-hydrogen) atoms. The average Bonchev–Trinajstić information content (AvgIpc) is 2.94. The number of benzene rings is 1. The number of fused-ring (bicyclic) bond motifs is 1. The molecule has 6 nitrogen and oxygen atoms in total. The summed E-state index contributed by atoms with van der Waals surface area (Å²) in [7, 11) is 0. The zero-order valence-electron chi connectivity index (χ0n) is 16.4. The predicted molar refractivity (Wildman–Crippen MR) is 109 cm³/mol. The van der Waals surface area contributed by atoms with Crippen LogP contribution in [0, 0.1) is 0 Å². The summed E-state index contributed by atoms with van der Waals surface area (Å²) in [6.07, 6.45) is 3.24. The first kappa shape index (κ1) is 21.4. The number of carbonyl (C=O) groups is 3. The Balaban J connectivity index is 2.04. The fraction of sp³-hybridized carbons (Fsp3) is 0.550. The second-order valence-corrected chi connectivity index (χ2v) is 7.48. The zero-order valence-corrected chi connectivity index (χ0v) is 17.2. The molecule has 1 unspecified atom stereocenters. The van der Waals surface area contributed by atoms with Gasteiger partial charge in [0, 0.05) is 6.54 Å². The van der Waals surface area contributed by atoms with Crippen molar-refractivity contribution in [3.63, 3.8) is 0 Å². The van der Waals surface area contributed by atoms with E-state index in [2.05, 4.69) is 24.1 Å². The maximum absolute atomic E-state index is 12.8. The first-order valence-corrected chi connectivity index (χ1v) is 10.9. The van der Waals surface area contributed by atoms with Crippen LogP contribution in [0.5, 0.6) is 0 Å². The molecule has 1 heterocycles. The molecule has 7 heteroatoms. The summed E-state index contributed by atoms with van der Waals surface area (Å²) in [5, 5.41) is 2.92. The Bertz CT molecular complexity index is 641. The number of nitrogens with zero attached hydrogens (tertiary/aromatic N) is 2. The Morgan fingerprint density at radius 2 is 1.74 bits per heavy atom. The molecule has 1 aromatic rings. The SMILES string of the molecule is CCN(CC)CCCNC(=O)C(CCSC)N1C(=O)c2ccccc2C1=O. The molecule has 1 atom stereocenters. The molecular formula is C20H29N3O3S. The molecule has 0 aliphatic carbocycles. The lowest BCUT2D eigenvalue weighted by molar-refractivity contribution is -0.125. The molecule has 1 aliphatic rings. The van der Waals surface area contributed by atoms with E-state index in [1.165, 1.54) is 0 Å². The van der Waals surface area contributed by atoms with Crippen LogP contribution in [0.25, 0.3) is 0 Å². The first-order chi connectivity index (χ1) is 13.0. The van der Waals surface area contributed by atoms with Gasteiger partial charge in [0.15, 0.2) is 0 Å². The van der Waals surface area contributed by atoms with Gasteiger partial charge < -0.3 is 10.2 Å². The maximum Gasteiger partial charge on any atom is 0.262 e. The van der Waals surface area contributed by atoms with Crippen molar-refractivity contribution in [3.8, 4) is 0 Å². The second-order valence-electron chi connectivity index (χ2n) is 6.49. The Morgan fingerprint density at radius 3 is 2.26 bits per heavy atom. The fourth-order valence-electron chi connectivity index (χ4n) is 3.27. The van der Waals surface area contributed by atoms with Gasteiger partial charge in [-0.05, 0) is 56.6 Å². The van der Waals surface area contributed by atoms with Crippen molar-refractivity contribution in [3.05, 3.63) is 35.4 Å². The quantitative estimate of drug-likeness (QED) is 0.463. The summed E-state index contributed by atoms with van der Waals surface area (Å²) in [6, 6.07) is 5.99. The Morgan fingerprint density at radius 1 is 1.15 bits per heavy atom. The average molecular weight is 392 g/mol. The number of hydrogen-bond acceptors (Lipinski definition) is 5. The van der Waals surface area contributed by atoms with Crippen molar-refractivity contribution in [2.45, 2.75) is 32.7 Å². The number of carbonyl (C=O) groups excluding carboxylic acids is 3. The minimum Gasteiger partial charge on any atom is -0.354 e. The highest BCUT2D eigenvalue weighted by Gasteiger charge is 2.42. The molecule has 1 N–H and O–H groups in total. The summed E-state index contributed by atoms with van der Waals surface area (Å²) in [6.45, 7) is 7.64. The first-order valence-electron chi connectivity index (χ1n) is 9.51. The summed E-state index contributed by atoms with van der Waals surface area (Å²) < 4.78 is 0. The van der Waals surface area contributed by atoms with Gasteiger partial charge in [0.05, 0.1) is 11.1 Å². The molecule has 1 aromatic carbocycles. The molecule has 2 rings (SSSR count). The molecule has 148 valence electrons.